The minimum Gasteiger partial charge on any atom is -0.462 e. The molecule has 0 saturated heterocycles. The molecule has 0 atom stereocenters. The van der Waals surface area contributed by atoms with Gasteiger partial charge in [0.2, 0.25) is 0 Å². The highest BCUT2D eigenvalue weighted by Crippen LogP contribution is 2.35. The molecule has 0 radical (unpaired) electrons. The molecule has 1 N–H and O–H groups in total. The Balaban J connectivity index is 1.94. The summed E-state index contributed by atoms with van der Waals surface area (Å²) in [4.78, 5) is 22.8. The summed E-state index contributed by atoms with van der Waals surface area (Å²) in [5.41, 5.74) is 1.49. The Morgan fingerprint density at radius 1 is 1.08 bits per heavy atom. The van der Waals surface area contributed by atoms with Gasteiger partial charge in [0.1, 0.15) is 5.69 Å². The van der Waals surface area contributed by atoms with E-state index in [4.69, 9.17) is 4.74 Å². The van der Waals surface area contributed by atoms with E-state index >= 15 is 0 Å². The number of nitro benzene ring substituents is 1. The maximum Gasteiger partial charge on any atom is 0.338 e. The van der Waals surface area contributed by atoms with E-state index in [9.17, 15) is 14.9 Å². The fourth-order valence-corrected chi connectivity index (χ4v) is 2.61. The van der Waals surface area contributed by atoms with Crippen LogP contribution >= 0.6 is 0 Å². The van der Waals surface area contributed by atoms with Gasteiger partial charge in [-0.25, -0.2) is 4.79 Å². The zero-order valence-corrected chi connectivity index (χ0v) is 13.6. The molecular formula is C19H16N2O4. The number of hydrogen-bond acceptors (Lipinski definition) is 5. The fraction of sp³-hybridized carbons (Fsp3) is 0.105. The number of carbonyl (C=O) groups excluding carboxylic acids is 1. The van der Waals surface area contributed by atoms with Gasteiger partial charge in [-0.15, -0.1) is 0 Å². The number of carbonyl (C=O) groups is 1. The first-order valence-electron chi connectivity index (χ1n) is 7.80. The Kier molecular flexibility index (Phi) is 4.61. The molecular weight excluding hydrogens is 320 g/mol. The molecule has 0 aliphatic heterocycles. The molecule has 126 valence electrons. The molecule has 0 aliphatic carbocycles. The molecule has 0 aromatic heterocycles. The van der Waals surface area contributed by atoms with Crippen LogP contribution in [0.2, 0.25) is 0 Å². The third kappa shape index (κ3) is 3.42. The minimum absolute atomic E-state index is 0.0209. The molecule has 6 nitrogen and oxygen atoms in total. The quantitative estimate of drug-likeness (QED) is 0.416. The molecule has 3 aromatic carbocycles. The van der Waals surface area contributed by atoms with Gasteiger partial charge in [0, 0.05) is 5.69 Å². The summed E-state index contributed by atoms with van der Waals surface area (Å²) >= 11 is 0. The second-order valence-corrected chi connectivity index (χ2v) is 5.36. The first-order chi connectivity index (χ1) is 12.1. The number of hydrogen-bond donors (Lipinski definition) is 1. The van der Waals surface area contributed by atoms with Gasteiger partial charge < -0.3 is 10.1 Å². The van der Waals surface area contributed by atoms with Crippen LogP contribution in [0, 0.1) is 10.1 Å². The smallest absolute Gasteiger partial charge is 0.338 e. The van der Waals surface area contributed by atoms with Crippen LogP contribution in [0.5, 0.6) is 0 Å². The topological polar surface area (TPSA) is 81.5 Å². The van der Waals surface area contributed by atoms with Gasteiger partial charge in [-0.2, -0.15) is 0 Å². The van der Waals surface area contributed by atoms with Crippen LogP contribution in [0.15, 0.2) is 60.7 Å². The molecule has 0 saturated carbocycles. The average molecular weight is 336 g/mol. The maximum absolute atomic E-state index is 11.7. The third-order valence-electron chi connectivity index (χ3n) is 3.76. The van der Waals surface area contributed by atoms with Gasteiger partial charge >= 0.3 is 5.97 Å². The summed E-state index contributed by atoms with van der Waals surface area (Å²) in [5.74, 6) is -0.397. The van der Waals surface area contributed by atoms with E-state index in [1.807, 2.05) is 18.2 Å². The van der Waals surface area contributed by atoms with Crippen molar-refractivity contribution in [1.82, 2.24) is 0 Å². The lowest BCUT2D eigenvalue weighted by molar-refractivity contribution is -0.382. The van der Waals surface area contributed by atoms with Crippen molar-refractivity contribution in [2.75, 3.05) is 11.9 Å². The van der Waals surface area contributed by atoms with E-state index in [-0.39, 0.29) is 5.69 Å². The normalized spacial score (nSPS) is 10.4. The summed E-state index contributed by atoms with van der Waals surface area (Å²) in [6, 6.07) is 17.3. The lowest BCUT2D eigenvalue weighted by atomic mass is 10.1. The number of nitro groups is 1. The van der Waals surface area contributed by atoms with Crippen LogP contribution in [0.1, 0.15) is 17.3 Å². The molecule has 0 heterocycles. The molecule has 0 aliphatic rings. The number of anilines is 2. The number of fused-ring (bicyclic) bond motifs is 1. The van der Waals surface area contributed by atoms with Crippen molar-refractivity contribution < 1.29 is 14.5 Å². The van der Waals surface area contributed by atoms with Crippen molar-refractivity contribution >= 4 is 33.8 Å². The van der Waals surface area contributed by atoms with E-state index < -0.39 is 10.9 Å². The molecule has 25 heavy (non-hydrogen) atoms. The summed E-state index contributed by atoms with van der Waals surface area (Å²) < 4.78 is 4.94. The van der Waals surface area contributed by atoms with E-state index in [0.717, 1.165) is 5.39 Å². The highest BCUT2D eigenvalue weighted by Gasteiger charge is 2.18. The van der Waals surface area contributed by atoms with Gasteiger partial charge in [0.25, 0.3) is 5.69 Å². The second-order valence-electron chi connectivity index (χ2n) is 5.36. The molecule has 3 rings (SSSR count). The van der Waals surface area contributed by atoms with E-state index in [1.165, 1.54) is 0 Å². The minimum atomic E-state index is -0.397. The number of rotatable bonds is 5. The SMILES string of the molecule is CCOC(=O)c1ccc(Nc2ccc3ccccc3c2[N+](=O)[O-])cc1. The third-order valence-corrected chi connectivity index (χ3v) is 3.76. The van der Waals surface area contributed by atoms with Crippen molar-refractivity contribution in [1.29, 1.82) is 0 Å². The monoisotopic (exact) mass is 336 g/mol. The molecule has 0 bridgehead atoms. The highest BCUT2D eigenvalue weighted by molar-refractivity contribution is 5.97. The number of esters is 1. The van der Waals surface area contributed by atoms with Crippen molar-refractivity contribution in [3.63, 3.8) is 0 Å². The predicted octanol–water partition coefficient (Wildman–Crippen LogP) is 4.67. The molecule has 6 heteroatoms. The van der Waals surface area contributed by atoms with Crippen LogP contribution in [0.3, 0.4) is 0 Å². The number of nitrogens with one attached hydrogen (secondary N) is 1. The van der Waals surface area contributed by atoms with Gasteiger partial charge in [0.15, 0.2) is 0 Å². The summed E-state index contributed by atoms with van der Waals surface area (Å²) in [6.45, 7) is 2.05. The van der Waals surface area contributed by atoms with Crippen LogP contribution in [0.25, 0.3) is 10.8 Å². The van der Waals surface area contributed by atoms with Crippen LogP contribution in [-0.2, 0) is 4.74 Å². The zero-order valence-electron chi connectivity index (χ0n) is 13.6. The number of ether oxygens (including phenoxy) is 1. The Labute approximate surface area is 144 Å². The van der Waals surface area contributed by atoms with Crippen molar-refractivity contribution in [2.45, 2.75) is 6.92 Å². The van der Waals surface area contributed by atoms with Crippen LogP contribution < -0.4 is 5.32 Å². The van der Waals surface area contributed by atoms with Gasteiger partial charge in [-0.3, -0.25) is 10.1 Å². The standard InChI is InChI=1S/C19H16N2O4/c1-2-25-19(22)14-7-10-15(11-8-14)20-17-12-9-13-5-3-4-6-16(13)18(17)21(23)24/h3-12,20H,2H2,1H3. The van der Waals surface area contributed by atoms with Crippen LogP contribution in [-0.4, -0.2) is 17.5 Å². The highest BCUT2D eigenvalue weighted by atomic mass is 16.6. The second kappa shape index (κ2) is 7.00. The van der Waals surface area contributed by atoms with E-state index in [1.54, 1.807) is 49.4 Å². The maximum atomic E-state index is 11.7. The summed E-state index contributed by atoms with van der Waals surface area (Å²) in [5, 5.41) is 16.0. The van der Waals surface area contributed by atoms with Crippen LogP contribution in [0.4, 0.5) is 17.1 Å². The average Bonchev–Trinajstić information content (AvgIpc) is 2.62. The molecule has 0 fully saturated rings. The van der Waals surface area contributed by atoms with Crippen molar-refractivity contribution in [3.05, 3.63) is 76.3 Å². The van der Waals surface area contributed by atoms with Gasteiger partial charge in [-0.1, -0.05) is 24.3 Å². The lowest BCUT2D eigenvalue weighted by Crippen LogP contribution is -2.04. The van der Waals surface area contributed by atoms with E-state index in [2.05, 4.69) is 5.32 Å². The lowest BCUT2D eigenvalue weighted by Gasteiger charge is -2.10. The first-order valence-corrected chi connectivity index (χ1v) is 7.80. The predicted molar refractivity (Wildman–Crippen MR) is 96.3 cm³/mol. The molecule has 0 spiro atoms. The van der Waals surface area contributed by atoms with Crippen molar-refractivity contribution in [3.8, 4) is 0 Å². The summed E-state index contributed by atoms with van der Waals surface area (Å²) in [6.07, 6.45) is 0. The first kappa shape index (κ1) is 16.4. The molecule has 0 amide bonds. The van der Waals surface area contributed by atoms with Crippen molar-refractivity contribution in [2.24, 2.45) is 0 Å². The largest absolute Gasteiger partial charge is 0.462 e. The number of nitrogens with zero attached hydrogens (tertiary/aromatic N) is 1. The Bertz CT molecular complexity index is 936. The molecule has 0 unspecified atom stereocenters. The summed E-state index contributed by atoms with van der Waals surface area (Å²) in [7, 11) is 0. The van der Waals surface area contributed by atoms with E-state index in [0.29, 0.717) is 28.9 Å². The molecule has 3 aromatic rings. The van der Waals surface area contributed by atoms with Gasteiger partial charge in [-0.05, 0) is 48.7 Å². The fourth-order valence-electron chi connectivity index (χ4n) is 2.61. The Hall–Kier alpha value is -3.41. The zero-order chi connectivity index (χ0) is 17.8. The van der Waals surface area contributed by atoms with Gasteiger partial charge in [0.05, 0.1) is 22.5 Å². The Morgan fingerprint density at radius 2 is 1.80 bits per heavy atom. The number of benzene rings is 3. The Morgan fingerprint density at radius 3 is 2.48 bits per heavy atom.